The van der Waals surface area contributed by atoms with E-state index in [1.54, 1.807) is 7.11 Å². The van der Waals surface area contributed by atoms with Gasteiger partial charge in [0, 0.05) is 25.3 Å². The van der Waals surface area contributed by atoms with Gasteiger partial charge in [0.15, 0.2) is 0 Å². The van der Waals surface area contributed by atoms with E-state index >= 15 is 0 Å². The number of benzene rings is 2. The zero-order chi connectivity index (χ0) is 19.1. The number of carbonyl (C=O) groups excluding carboxylic acids is 1. The van der Waals surface area contributed by atoms with E-state index in [-0.39, 0.29) is 5.91 Å². The topological polar surface area (TPSA) is 47.6 Å². The van der Waals surface area contributed by atoms with Crippen molar-refractivity contribution in [2.24, 2.45) is 5.41 Å². The van der Waals surface area contributed by atoms with E-state index in [0.29, 0.717) is 19.6 Å². The Labute approximate surface area is 161 Å². The number of rotatable bonds is 7. The van der Waals surface area contributed by atoms with E-state index in [2.05, 4.69) is 30.4 Å². The van der Waals surface area contributed by atoms with Crippen LogP contribution in [0.3, 0.4) is 0 Å². The first-order valence-electron chi connectivity index (χ1n) is 9.77. The number of nitrogens with one attached hydrogen (secondary N) is 1. The van der Waals surface area contributed by atoms with Crippen molar-refractivity contribution in [1.29, 1.82) is 0 Å². The van der Waals surface area contributed by atoms with Gasteiger partial charge in [-0.1, -0.05) is 49.4 Å². The van der Waals surface area contributed by atoms with E-state index in [1.807, 2.05) is 30.3 Å². The summed E-state index contributed by atoms with van der Waals surface area (Å²) in [5.41, 5.74) is 2.96. The van der Waals surface area contributed by atoms with Crippen LogP contribution in [0.15, 0.2) is 48.5 Å². The van der Waals surface area contributed by atoms with Crippen molar-refractivity contribution in [3.8, 4) is 16.9 Å². The molecular weight excluding hydrogens is 338 g/mol. The molecule has 0 bridgehead atoms. The largest absolute Gasteiger partial charge is 0.496 e. The maximum Gasteiger partial charge on any atom is 0.226 e. The number of hydrogen-bond donors (Lipinski definition) is 1. The first-order valence-corrected chi connectivity index (χ1v) is 9.77. The molecule has 0 unspecified atom stereocenters. The van der Waals surface area contributed by atoms with Gasteiger partial charge in [0.2, 0.25) is 5.91 Å². The average Bonchev–Trinajstić information content (AvgIpc) is 2.73. The van der Waals surface area contributed by atoms with Gasteiger partial charge in [-0.05, 0) is 42.9 Å². The van der Waals surface area contributed by atoms with Gasteiger partial charge in [-0.2, -0.15) is 0 Å². The van der Waals surface area contributed by atoms with Crippen molar-refractivity contribution in [3.05, 3.63) is 54.1 Å². The Morgan fingerprint density at radius 1 is 1.07 bits per heavy atom. The molecule has 1 fully saturated rings. The number of hydrogen-bond acceptors (Lipinski definition) is 3. The van der Waals surface area contributed by atoms with E-state index in [9.17, 15) is 4.79 Å². The zero-order valence-electron chi connectivity index (χ0n) is 16.3. The highest BCUT2D eigenvalue weighted by Crippen LogP contribution is 2.39. The standard InChI is InChI=1S/C23H29NO3/c1-3-14-24-22(25)23(12-15-27-16-13-23)17-18-8-4-5-9-19(18)20-10-6-7-11-21(20)26-2/h4-11H,3,12-17H2,1-2H3,(H,24,25). The Morgan fingerprint density at radius 2 is 1.74 bits per heavy atom. The molecule has 0 aromatic heterocycles. The molecule has 144 valence electrons. The molecule has 0 radical (unpaired) electrons. The Balaban J connectivity index is 1.97. The van der Waals surface area contributed by atoms with Gasteiger partial charge in [-0.3, -0.25) is 4.79 Å². The fraction of sp³-hybridized carbons (Fsp3) is 0.435. The quantitative estimate of drug-likeness (QED) is 0.797. The van der Waals surface area contributed by atoms with Gasteiger partial charge >= 0.3 is 0 Å². The Kier molecular flexibility index (Phi) is 6.51. The fourth-order valence-electron chi connectivity index (χ4n) is 3.84. The minimum Gasteiger partial charge on any atom is -0.496 e. The summed E-state index contributed by atoms with van der Waals surface area (Å²) >= 11 is 0. The normalized spacial score (nSPS) is 15.9. The molecule has 0 saturated carbocycles. The minimum absolute atomic E-state index is 0.155. The van der Waals surface area contributed by atoms with Crippen LogP contribution >= 0.6 is 0 Å². The Bertz CT molecular complexity index is 766. The van der Waals surface area contributed by atoms with E-state index in [0.717, 1.165) is 42.7 Å². The van der Waals surface area contributed by atoms with Crippen molar-refractivity contribution in [1.82, 2.24) is 5.32 Å². The molecule has 27 heavy (non-hydrogen) atoms. The smallest absolute Gasteiger partial charge is 0.226 e. The molecular formula is C23H29NO3. The first kappa shape index (κ1) is 19.4. The predicted molar refractivity (Wildman–Crippen MR) is 108 cm³/mol. The van der Waals surface area contributed by atoms with Crippen LogP contribution in [0, 0.1) is 5.41 Å². The van der Waals surface area contributed by atoms with Crippen LogP contribution in [0.5, 0.6) is 5.75 Å². The lowest BCUT2D eigenvalue weighted by molar-refractivity contribution is -0.136. The second kappa shape index (κ2) is 9.05. The zero-order valence-corrected chi connectivity index (χ0v) is 16.3. The van der Waals surface area contributed by atoms with Crippen LogP contribution in [-0.2, 0) is 16.0 Å². The van der Waals surface area contributed by atoms with Crippen LogP contribution in [0.2, 0.25) is 0 Å². The highest BCUT2D eigenvalue weighted by atomic mass is 16.5. The average molecular weight is 367 g/mol. The summed E-state index contributed by atoms with van der Waals surface area (Å²) in [5, 5.41) is 3.13. The predicted octanol–water partition coefficient (Wildman–Crippen LogP) is 4.23. The van der Waals surface area contributed by atoms with Gasteiger partial charge < -0.3 is 14.8 Å². The molecule has 1 saturated heterocycles. The minimum atomic E-state index is -0.411. The molecule has 1 amide bonds. The maximum atomic E-state index is 13.1. The Hall–Kier alpha value is -2.33. The number of methoxy groups -OCH3 is 1. The van der Waals surface area contributed by atoms with Gasteiger partial charge in [0.05, 0.1) is 12.5 Å². The first-order chi connectivity index (χ1) is 13.2. The van der Waals surface area contributed by atoms with Crippen molar-refractivity contribution >= 4 is 5.91 Å². The van der Waals surface area contributed by atoms with Crippen molar-refractivity contribution in [2.45, 2.75) is 32.6 Å². The van der Waals surface area contributed by atoms with Crippen LogP contribution < -0.4 is 10.1 Å². The molecule has 3 rings (SSSR count). The number of carbonyl (C=O) groups is 1. The highest BCUT2D eigenvalue weighted by molar-refractivity contribution is 5.84. The third kappa shape index (κ3) is 4.33. The van der Waals surface area contributed by atoms with Crippen molar-refractivity contribution < 1.29 is 14.3 Å². The third-order valence-corrected chi connectivity index (χ3v) is 5.41. The summed E-state index contributed by atoms with van der Waals surface area (Å²) in [5.74, 6) is 1.00. The molecule has 0 aliphatic carbocycles. The van der Waals surface area contributed by atoms with Crippen LogP contribution in [0.4, 0.5) is 0 Å². The van der Waals surface area contributed by atoms with Gasteiger partial charge in [0.25, 0.3) is 0 Å². The summed E-state index contributed by atoms with van der Waals surface area (Å²) < 4.78 is 11.1. The molecule has 1 aliphatic rings. The van der Waals surface area contributed by atoms with Crippen molar-refractivity contribution in [3.63, 3.8) is 0 Å². The summed E-state index contributed by atoms with van der Waals surface area (Å²) in [6.07, 6.45) is 3.15. The second-order valence-electron chi connectivity index (χ2n) is 7.18. The number of ether oxygens (including phenoxy) is 2. The fourth-order valence-corrected chi connectivity index (χ4v) is 3.84. The SMILES string of the molecule is CCCNC(=O)C1(Cc2ccccc2-c2ccccc2OC)CCOCC1. The molecule has 2 aromatic rings. The van der Waals surface area contributed by atoms with E-state index < -0.39 is 5.41 Å². The second-order valence-corrected chi connectivity index (χ2v) is 7.18. The lowest BCUT2D eigenvalue weighted by Crippen LogP contribution is -2.46. The number of amides is 1. The Morgan fingerprint density at radius 3 is 2.44 bits per heavy atom. The number of para-hydroxylation sites is 1. The summed E-state index contributed by atoms with van der Waals surface area (Å²) in [6, 6.07) is 16.4. The van der Waals surface area contributed by atoms with E-state index in [4.69, 9.17) is 9.47 Å². The van der Waals surface area contributed by atoms with Crippen LogP contribution in [0.25, 0.3) is 11.1 Å². The summed E-state index contributed by atoms with van der Waals surface area (Å²) in [7, 11) is 1.69. The van der Waals surface area contributed by atoms with Gasteiger partial charge in [-0.25, -0.2) is 0 Å². The van der Waals surface area contributed by atoms with Crippen LogP contribution in [0.1, 0.15) is 31.7 Å². The molecule has 0 spiro atoms. The monoisotopic (exact) mass is 367 g/mol. The molecule has 4 heteroatoms. The lowest BCUT2D eigenvalue weighted by atomic mass is 9.73. The lowest BCUT2D eigenvalue weighted by Gasteiger charge is -2.36. The van der Waals surface area contributed by atoms with Gasteiger partial charge in [-0.15, -0.1) is 0 Å². The summed E-state index contributed by atoms with van der Waals surface area (Å²) in [6.45, 7) is 4.07. The molecule has 1 N–H and O–H groups in total. The van der Waals surface area contributed by atoms with Crippen LogP contribution in [-0.4, -0.2) is 32.8 Å². The highest BCUT2D eigenvalue weighted by Gasteiger charge is 2.40. The third-order valence-electron chi connectivity index (χ3n) is 5.41. The maximum absolute atomic E-state index is 13.1. The molecule has 1 aliphatic heterocycles. The molecule has 1 heterocycles. The van der Waals surface area contributed by atoms with Crippen molar-refractivity contribution in [2.75, 3.05) is 26.9 Å². The summed E-state index contributed by atoms with van der Waals surface area (Å²) in [4.78, 5) is 13.1. The molecule has 0 atom stereocenters. The van der Waals surface area contributed by atoms with E-state index in [1.165, 1.54) is 5.56 Å². The van der Waals surface area contributed by atoms with Gasteiger partial charge in [0.1, 0.15) is 5.75 Å². The molecule has 2 aromatic carbocycles. The molecule has 4 nitrogen and oxygen atoms in total.